The van der Waals surface area contributed by atoms with Crippen LogP contribution in [0.1, 0.15) is 15.2 Å². The zero-order valence-corrected chi connectivity index (χ0v) is 17.1. The van der Waals surface area contributed by atoms with Gasteiger partial charge in [-0.15, -0.1) is 11.3 Å². The van der Waals surface area contributed by atoms with Crippen molar-refractivity contribution in [3.63, 3.8) is 0 Å². The summed E-state index contributed by atoms with van der Waals surface area (Å²) in [6, 6.07) is 6.59. The Labute approximate surface area is 163 Å². The van der Waals surface area contributed by atoms with Crippen molar-refractivity contribution in [2.24, 2.45) is 0 Å². The van der Waals surface area contributed by atoms with Gasteiger partial charge in [0.2, 0.25) is 10.0 Å². The van der Waals surface area contributed by atoms with Crippen molar-refractivity contribution in [1.29, 1.82) is 0 Å². The molecule has 7 nitrogen and oxygen atoms in total. The van der Waals surface area contributed by atoms with Gasteiger partial charge in [0.05, 0.1) is 19.1 Å². The fraction of sp³-hybridized carbons (Fsp3) is 0.389. The predicted molar refractivity (Wildman–Crippen MR) is 103 cm³/mol. The fourth-order valence-corrected chi connectivity index (χ4v) is 5.48. The number of benzene rings is 1. The van der Waals surface area contributed by atoms with E-state index >= 15 is 0 Å². The Hall–Kier alpha value is -2.10. The van der Waals surface area contributed by atoms with Crippen LogP contribution in [0, 0.1) is 6.92 Å². The summed E-state index contributed by atoms with van der Waals surface area (Å²) >= 11 is 1.41. The Kier molecular flexibility index (Phi) is 5.73. The second-order valence-electron chi connectivity index (χ2n) is 6.15. The van der Waals surface area contributed by atoms with E-state index in [0.717, 1.165) is 5.56 Å². The smallest absolute Gasteiger partial charge is 0.264 e. The molecule has 1 aromatic carbocycles. The molecule has 1 aliphatic rings. The monoisotopic (exact) mass is 410 g/mol. The molecule has 0 unspecified atom stereocenters. The first-order valence-electron chi connectivity index (χ1n) is 8.44. The summed E-state index contributed by atoms with van der Waals surface area (Å²) in [6.07, 6.45) is 0. The zero-order valence-electron chi connectivity index (χ0n) is 15.5. The van der Waals surface area contributed by atoms with Gasteiger partial charge in [-0.1, -0.05) is 0 Å². The van der Waals surface area contributed by atoms with Crippen molar-refractivity contribution >= 4 is 27.3 Å². The zero-order chi connectivity index (χ0) is 19.6. The van der Waals surface area contributed by atoms with E-state index in [2.05, 4.69) is 0 Å². The number of aryl methyl sites for hydroxylation is 1. The highest BCUT2D eigenvalue weighted by molar-refractivity contribution is 7.89. The molecule has 3 rings (SSSR count). The molecule has 1 aromatic heterocycles. The number of amides is 1. The number of ether oxygens (including phenoxy) is 2. The van der Waals surface area contributed by atoms with Crippen molar-refractivity contribution in [2.75, 3.05) is 40.4 Å². The molecule has 2 heterocycles. The van der Waals surface area contributed by atoms with Crippen LogP contribution in [0.5, 0.6) is 11.5 Å². The number of nitrogens with zero attached hydrogens (tertiary/aromatic N) is 2. The van der Waals surface area contributed by atoms with Gasteiger partial charge in [-0.25, -0.2) is 8.42 Å². The molecule has 1 amide bonds. The molecule has 0 radical (unpaired) electrons. The van der Waals surface area contributed by atoms with E-state index in [-0.39, 0.29) is 29.6 Å². The van der Waals surface area contributed by atoms with Crippen LogP contribution >= 0.6 is 11.3 Å². The van der Waals surface area contributed by atoms with Crippen LogP contribution in [0.15, 0.2) is 34.5 Å². The number of sulfonamides is 1. The first-order chi connectivity index (χ1) is 12.9. The molecule has 0 atom stereocenters. The van der Waals surface area contributed by atoms with Crippen molar-refractivity contribution in [3.05, 3.63) is 40.1 Å². The van der Waals surface area contributed by atoms with Gasteiger partial charge >= 0.3 is 0 Å². The van der Waals surface area contributed by atoms with E-state index in [9.17, 15) is 13.2 Å². The molecule has 0 saturated carbocycles. The van der Waals surface area contributed by atoms with Gasteiger partial charge in [0, 0.05) is 32.2 Å². The van der Waals surface area contributed by atoms with E-state index in [1.54, 1.807) is 17.0 Å². The topological polar surface area (TPSA) is 76.2 Å². The molecule has 9 heteroatoms. The molecule has 27 heavy (non-hydrogen) atoms. The summed E-state index contributed by atoms with van der Waals surface area (Å²) in [6.45, 7) is 3.07. The molecular weight excluding hydrogens is 388 g/mol. The van der Waals surface area contributed by atoms with E-state index in [1.165, 1.54) is 35.9 Å². The largest absolute Gasteiger partial charge is 0.497 e. The first kappa shape index (κ1) is 19.7. The highest BCUT2D eigenvalue weighted by atomic mass is 32.2. The van der Waals surface area contributed by atoms with Crippen LogP contribution in [0.3, 0.4) is 0 Å². The maximum absolute atomic E-state index is 13.1. The number of methoxy groups -OCH3 is 2. The molecular formula is C18H22N2O5S2. The Morgan fingerprint density at radius 3 is 2.33 bits per heavy atom. The van der Waals surface area contributed by atoms with Crippen molar-refractivity contribution in [1.82, 2.24) is 9.21 Å². The second kappa shape index (κ2) is 7.87. The summed E-state index contributed by atoms with van der Waals surface area (Å²) in [5.74, 6) is 0.665. The number of hydrogen-bond acceptors (Lipinski definition) is 6. The molecule has 0 spiro atoms. The molecule has 0 N–H and O–H groups in total. The Morgan fingerprint density at radius 2 is 1.78 bits per heavy atom. The van der Waals surface area contributed by atoms with Crippen molar-refractivity contribution in [2.45, 2.75) is 11.8 Å². The van der Waals surface area contributed by atoms with E-state index < -0.39 is 10.0 Å². The van der Waals surface area contributed by atoms with Crippen LogP contribution in [-0.2, 0) is 10.0 Å². The molecule has 0 bridgehead atoms. The summed E-state index contributed by atoms with van der Waals surface area (Å²) in [5, 5.41) is 1.89. The standard InChI is InChI=1S/C18H22N2O5S2/c1-13-6-11-26-17(13)18(21)19-7-9-20(10-8-19)27(22,23)16-12-14(24-2)4-5-15(16)25-3/h4-6,11-12H,7-10H2,1-3H3. The third-order valence-electron chi connectivity index (χ3n) is 4.57. The lowest BCUT2D eigenvalue weighted by Gasteiger charge is -2.34. The number of carbonyl (C=O) groups is 1. The number of thiophene rings is 1. The molecule has 146 valence electrons. The minimum atomic E-state index is -3.76. The fourth-order valence-electron chi connectivity index (χ4n) is 2.99. The molecule has 1 fully saturated rings. The summed E-state index contributed by atoms with van der Waals surface area (Å²) in [5.41, 5.74) is 0.946. The summed E-state index contributed by atoms with van der Waals surface area (Å²) < 4.78 is 37.9. The van der Waals surface area contributed by atoms with Gasteiger partial charge in [0.1, 0.15) is 16.4 Å². The van der Waals surface area contributed by atoms with Gasteiger partial charge < -0.3 is 14.4 Å². The van der Waals surface area contributed by atoms with Crippen LogP contribution in [0.2, 0.25) is 0 Å². The maximum Gasteiger partial charge on any atom is 0.264 e. The molecule has 1 saturated heterocycles. The van der Waals surface area contributed by atoms with Crippen LogP contribution in [0.25, 0.3) is 0 Å². The maximum atomic E-state index is 13.1. The van der Waals surface area contributed by atoms with Gasteiger partial charge in [0.25, 0.3) is 5.91 Å². The van der Waals surface area contributed by atoms with Crippen LogP contribution in [-0.4, -0.2) is 63.9 Å². The Morgan fingerprint density at radius 1 is 1.07 bits per heavy atom. The highest BCUT2D eigenvalue weighted by Gasteiger charge is 2.33. The third-order valence-corrected chi connectivity index (χ3v) is 7.50. The third kappa shape index (κ3) is 3.80. The quantitative estimate of drug-likeness (QED) is 0.756. The predicted octanol–water partition coefficient (Wildman–Crippen LogP) is 2.22. The lowest BCUT2D eigenvalue weighted by Crippen LogP contribution is -2.50. The number of rotatable bonds is 5. The molecule has 2 aromatic rings. The SMILES string of the molecule is COc1ccc(OC)c(S(=O)(=O)N2CCN(C(=O)c3sccc3C)CC2)c1. The van der Waals surface area contributed by atoms with Gasteiger partial charge in [-0.05, 0) is 36.1 Å². The van der Waals surface area contributed by atoms with E-state index in [0.29, 0.717) is 23.7 Å². The van der Waals surface area contributed by atoms with Crippen molar-refractivity contribution in [3.8, 4) is 11.5 Å². The number of hydrogen-bond donors (Lipinski definition) is 0. The van der Waals surface area contributed by atoms with Gasteiger partial charge in [-0.3, -0.25) is 4.79 Å². The van der Waals surface area contributed by atoms with E-state index in [1.807, 2.05) is 18.4 Å². The second-order valence-corrected chi connectivity index (χ2v) is 8.97. The van der Waals surface area contributed by atoms with E-state index in [4.69, 9.17) is 9.47 Å². The minimum absolute atomic E-state index is 0.0430. The molecule has 1 aliphatic heterocycles. The average Bonchev–Trinajstić information content (AvgIpc) is 3.12. The van der Waals surface area contributed by atoms with Crippen molar-refractivity contribution < 1.29 is 22.7 Å². The summed E-state index contributed by atoms with van der Waals surface area (Å²) in [7, 11) is -0.843. The lowest BCUT2D eigenvalue weighted by molar-refractivity contribution is 0.0702. The number of piperazine rings is 1. The Balaban J connectivity index is 1.77. The average molecular weight is 411 g/mol. The Bertz CT molecular complexity index is 931. The first-order valence-corrected chi connectivity index (χ1v) is 10.8. The van der Waals surface area contributed by atoms with Gasteiger partial charge in [-0.2, -0.15) is 4.31 Å². The molecule has 0 aliphatic carbocycles. The van der Waals surface area contributed by atoms with Gasteiger partial charge in [0.15, 0.2) is 0 Å². The number of carbonyl (C=O) groups excluding carboxylic acids is 1. The highest BCUT2D eigenvalue weighted by Crippen LogP contribution is 2.31. The minimum Gasteiger partial charge on any atom is -0.497 e. The normalized spacial score (nSPS) is 15.6. The summed E-state index contributed by atoms with van der Waals surface area (Å²) in [4.78, 5) is 15.1. The van der Waals surface area contributed by atoms with Crippen LogP contribution in [0.4, 0.5) is 0 Å². The lowest BCUT2D eigenvalue weighted by atomic mass is 10.2. The van der Waals surface area contributed by atoms with Crippen LogP contribution < -0.4 is 9.47 Å².